The highest BCUT2D eigenvalue weighted by Gasteiger charge is 2.11. The number of rotatable bonds is 5. The minimum absolute atomic E-state index is 0.533. The summed E-state index contributed by atoms with van der Waals surface area (Å²) in [4.78, 5) is 10.8. The van der Waals surface area contributed by atoms with E-state index in [2.05, 4.69) is 37.7 Å². The largest absolute Gasteiger partial charge is 0.480 e. The minimum atomic E-state index is 0.533. The van der Waals surface area contributed by atoms with Crippen LogP contribution < -0.4 is 15.4 Å². The van der Waals surface area contributed by atoms with Gasteiger partial charge in [0, 0.05) is 18.8 Å². The number of anilines is 2. The Labute approximate surface area is 126 Å². The first-order chi connectivity index (χ1) is 9.63. The van der Waals surface area contributed by atoms with Gasteiger partial charge >= 0.3 is 0 Å². The summed E-state index contributed by atoms with van der Waals surface area (Å²) < 4.78 is 5.95. The third kappa shape index (κ3) is 3.39. The molecule has 5 nitrogen and oxygen atoms in total. The maximum atomic E-state index is 5.70. The topological polar surface area (TPSA) is 64.3 Å². The molecule has 1 heterocycles. The molecule has 0 unspecified atom stereocenters. The molecule has 0 fully saturated rings. The van der Waals surface area contributed by atoms with Crippen molar-refractivity contribution in [1.29, 1.82) is 0 Å². The summed E-state index contributed by atoms with van der Waals surface area (Å²) in [7, 11) is 1.59. The van der Waals surface area contributed by atoms with Crippen molar-refractivity contribution < 1.29 is 4.74 Å². The van der Waals surface area contributed by atoms with Crippen LogP contribution >= 0.6 is 15.9 Å². The Hall–Kier alpha value is -1.82. The highest BCUT2D eigenvalue weighted by atomic mass is 79.9. The lowest BCUT2D eigenvalue weighted by molar-refractivity contribution is 0.393. The highest BCUT2D eigenvalue weighted by Crippen LogP contribution is 2.24. The molecule has 106 valence electrons. The summed E-state index contributed by atoms with van der Waals surface area (Å²) in [6, 6.07) is 7.81. The molecule has 1 aromatic heterocycles. The van der Waals surface area contributed by atoms with Crippen molar-refractivity contribution in [3.8, 4) is 5.88 Å². The first-order valence-corrected chi connectivity index (χ1v) is 7.09. The Kier molecular flexibility index (Phi) is 4.79. The zero-order valence-corrected chi connectivity index (χ0v) is 13.1. The first kappa shape index (κ1) is 14.6. The minimum Gasteiger partial charge on any atom is -0.480 e. The van der Waals surface area contributed by atoms with E-state index in [1.165, 1.54) is 0 Å². The number of nitrogens with zero attached hydrogens (tertiary/aromatic N) is 3. The van der Waals surface area contributed by atoms with Crippen LogP contribution in [0.15, 0.2) is 34.9 Å². The molecule has 0 aliphatic heterocycles. The smallest absolute Gasteiger partial charge is 0.232 e. The number of hydrogen-bond donors (Lipinski definition) is 1. The fourth-order valence-electron chi connectivity index (χ4n) is 1.81. The van der Waals surface area contributed by atoms with E-state index in [0.29, 0.717) is 11.8 Å². The summed E-state index contributed by atoms with van der Waals surface area (Å²) in [6.07, 6.45) is 1.70. The second-order valence-electron chi connectivity index (χ2n) is 4.28. The van der Waals surface area contributed by atoms with Crippen molar-refractivity contribution in [2.75, 3.05) is 24.3 Å². The van der Waals surface area contributed by atoms with E-state index in [1.54, 1.807) is 13.3 Å². The van der Waals surface area contributed by atoms with Gasteiger partial charge in [0.15, 0.2) is 0 Å². The van der Waals surface area contributed by atoms with Crippen LogP contribution in [0.4, 0.5) is 11.6 Å². The van der Waals surface area contributed by atoms with Crippen LogP contribution in [-0.2, 0) is 6.54 Å². The zero-order chi connectivity index (χ0) is 14.5. The van der Waals surface area contributed by atoms with Gasteiger partial charge in [-0.15, -0.1) is 0 Å². The van der Waals surface area contributed by atoms with Gasteiger partial charge in [0.1, 0.15) is 0 Å². The van der Waals surface area contributed by atoms with Gasteiger partial charge in [-0.2, -0.15) is 4.98 Å². The molecule has 20 heavy (non-hydrogen) atoms. The third-order valence-electron chi connectivity index (χ3n) is 2.91. The van der Waals surface area contributed by atoms with Crippen LogP contribution in [-0.4, -0.2) is 23.6 Å². The number of ether oxygens (including phenoxy) is 1. The number of nitrogens with two attached hydrogens (primary N) is 1. The van der Waals surface area contributed by atoms with Crippen molar-refractivity contribution in [3.05, 3.63) is 40.5 Å². The Bertz CT molecular complexity index is 574. The molecule has 0 aliphatic rings. The number of halogens is 1. The molecule has 6 heteroatoms. The molecule has 0 aliphatic carbocycles. The van der Waals surface area contributed by atoms with Gasteiger partial charge in [-0.05, 0) is 40.5 Å². The number of benzene rings is 1. The summed E-state index contributed by atoms with van der Waals surface area (Å²) in [6.45, 7) is 3.59. The van der Waals surface area contributed by atoms with Gasteiger partial charge in [-0.3, -0.25) is 0 Å². The van der Waals surface area contributed by atoms with Crippen molar-refractivity contribution >= 4 is 27.6 Å². The van der Waals surface area contributed by atoms with Crippen LogP contribution in [0.1, 0.15) is 12.5 Å². The van der Waals surface area contributed by atoms with Crippen LogP contribution in [0.3, 0.4) is 0 Å². The molecule has 2 N–H and O–H groups in total. The van der Waals surface area contributed by atoms with Gasteiger partial charge in [0.05, 0.1) is 17.8 Å². The average Bonchev–Trinajstić information content (AvgIpc) is 2.47. The molecule has 0 radical (unpaired) electrons. The van der Waals surface area contributed by atoms with E-state index in [0.717, 1.165) is 28.8 Å². The second-order valence-corrected chi connectivity index (χ2v) is 5.14. The Morgan fingerprint density at radius 1 is 1.30 bits per heavy atom. The third-order valence-corrected chi connectivity index (χ3v) is 3.45. The molecule has 0 bridgehead atoms. The van der Waals surface area contributed by atoms with E-state index < -0.39 is 0 Å². The normalized spacial score (nSPS) is 10.3. The fourth-order valence-corrected chi connectivity index (χ4v) is 2.16. The van der Waals surface area contributed by atoms with Crippen molar-refractivity contribution in [1.82, 2.24) is 9.97 Å². The summed E-state index contributed by atoms with van der Waals surface area (Å²) in [5.74, 6) is 1.18. The van der Waals surface area contributed by atoms with Gasteiger partial charge in [0.25, 0.3) is 0 Å². The second kappa shape index (κ2) is 6.56. The quantitative estimate of drug-likeness (QED) is 0.850. The summed E-state index contributed by atoms with van der Waals surface area (Å²) in [5, 5.41) is 0. The molecular formula is C14H17BrN4O. The molecular weight excluding hydrogens is 320 g/mol. The van der Waals surface area contributed by atoms with E-state index in [-0.39, 0.29) is 0 Å². The number of aromatic nitrogens is 2. The number of nitrogen functional groups attached to an aromatic ring is 1. The number of hydrogen-bond acceptors (Lipinski definition) is 5. The molecule has 0 saturated carbocycles. The first-order valence-electron chi connectivity index (χ1n) is 6.30. The zero-order valence-electron chi connectivity index (χ0n) is 11.5. The summed E-state index contributed by atoms with van der Waals surface area (Å²) in [5.41, 5.74) is 7.62. The maximum absolute atomic E-state index is 5.70. The maximum Gasteiger partial charge on any atom is 0.232 e. The molecule has 0 saturated heterocycles. The van der Waals surface area contributed by atoms with Crippen LogP contribution in [0, 0.1) is 0 Å². The molecule has 2 rings (SSSR count). The fraction of sp³-hybridized carbons (Fsp3) is 0.286. The van der Waals surface area contributed by atoms with Gasteiger partial charge < -0.3 is 15.4 Å². The van der Waals surface area contributed by atoms with E-state index >= 15 is 0 Å². The van der Waals surface area contributed by atoms with Crippen molar-refractivity contribution in [2.45, 2.75) is 13.5 Å². The molecule has 1 aromatic carbocycles. The lowest BCUT2D eigenvalue weighted by Crippen LogP contribution is -2.24. The lowest BCUT2D eigenvalue weighted by Gasteiger charge is -2.21. The van der Waals surface area contributed by atoms with Gasteiger partial charge in [-0.25, -0.2) is 4.98 Å². The summed E-state index contributed by atoms with van der Waals surface area (Å²) >= 11 is 3.35. The van der Waals surface area contributed by atoms with Crippen molar-refractivity contribution in [2.24, 2.45) is 0 Å². The van der Waals surface area contributed by atoms with E-state index in [1.807, 2.05) is 24.3 Å². The standard InChI is InChI=1S/C14H17BrN4O/c1-3-19(9-10-4-6-11(16)7-5-10)14-17-8-12(15)13(18-14)20-2/h4-8H,3,9,16H2,1-2H3. The predicted molar refractivity (Wildman–Crippen MR) is 83.9 cm³/mol. The Balaban J connectivity index is 2.21. The Morgan fingerprint density at radius 2 is 2.00 bits per heavy atom. The van der Waals surface area contributed by atoms with E-state index in [9.17, 15) is 0 Å². The van der Waals surface area contributed by atoms with E-state index in [4.69, 9.17) is 10.5 Å². The van der Waals surface area contributed by atoms with Gasteiger partial charge in [0.2, 0.25) is 11.8 Å². The van der Waals surface area contributed by atoms with Crippen molar-refractivity contribution in [3.63, 3.8) is 0 Å². The Morgan fingerprint density at radius 3 is 2.60 bits per heavy atom. The average molecular weight is 337 g/mol. The SMILES string of the molecule is CCN(Cc1ccc(N)cc1)c1ncc(Br)c(OC)n1. The monoisotopic (exact) mass is 336 g/mol. The van der Waals surface area contributed by atoms with Crippen LogP contribution in [0.2, 0.25) is 0 Å². The lowest BCUT2D eigenvalue weighted by atomic mass is 10.2. The predicted octanol–water partition coefficient (Wildman–Crippen LogP) is 2.86. The molecule has 2 aromatic rings. The molecule has 0 amide bonds. The highest BCUT2D eigenvalue weighted by molar-refractivity contribution is 9.10. The molecule has 0 atom stereocenters. The molecule has 0 spiro atoms. The van der Waals surface area contributed by atoms with Crippen LogP contribution in [0.5, 0.6) is 5.88 Å². The van der Waals surface area contributed by atoms with Crippen LogP contribution in [0.25, 0.3) is 0 Å². The number of methoxy groups -OCH3 is 1. The van der Waals surface area contributed by atoms with Gasteiger partial charge in [-0.1, -0.05) is 12.1 Å².